The van der Waals surface area contributed by atoms with Gasteiger partial charge in [0.1, 0.15) is 18.5 Å². The van der Waals surface area contributed by atoms with E-state index in [1.54, 1.807) is 4.90 Å². The number of fused-ring (bicyclic) bond motifs is 2. The Bertz CT molecular complexity index is 1190. The Morgan fingerprint density at radius 3 is 2.13 bits per heavy atom. The Morgan fingerprint density at radius 1 is 0.839 bits per heavy atom. The maximum Gasteiger partial charge on any atom is 0.254 e. The van der Waals surface area contributed by atoms with E-state index in [2.05, 4.69) is 0 Å². The van der Waals surface area contributed by atoms with Crippen LogP contribution in [-0.4, -0.2) is 41.2 Å². The molecule has 0 saturated carbocycles. The average molecular weight is 414 g/mol. The highest BCUT2D eigenvalue weighted by molar-refractivity contribution is 6.07. The quantitative estimate of drug-likeness (QED) is 0.448. The second kappa shape index (κ2) is 9.19. The lowest BCUT2D eigenvalue weighted by Crippen LogP contribution is -2.43. The van der Waals surface area contributed by atoms with E-state index in [4.69, 9.17) is 4.74 Å². The molecule has 1 amide bonds. The molecule has 4 aromatic rings. The predicted molar refractivity (Wildman–Crippen MR) is 126 cm³/mol. The summed E-state index contributed by atoms with van der Waals surface area (Å²) in [5.74, 6) is 0.643. The Hall–Kier alpha value is -3.37. The van der Waals surface area contributed by atoms with Gasteiger partial charge in [0.25, 0.3) is 5.91 Å². The summed E-state index contributed by atoms with van der Waals surface area (Å²) < 4.78 is 5.93. The van der Waals surface area contributed by atoms with E-state index < -0.39 is 6.10 Å². The standard InChI is InChI=1S/C27H27NO3/c1-19(2)28(27(30)25-15-7-11-20-9-3-5-13-23(20)25)17-22(29)18-31-26-16-8-12-21-10-4-6-14-24(21)26/h3-16,19,22,29H,17-18H2,1-2H3. The molecule has 31 heavy (non-hydrogen) atoms. The van der Waals surface area contributed by atoms with Crippen molar-refractivity contribution in [3.63, 3.8) is 0 Å². The van der Waals surface area contributed by atoms with Crippen molar-refractivity contribution in [3.8, 4) is 5.75 Å². The minimum atomic E-state index is -0.805. The van der Waals surface area contributed by atoms with Gasteiger partial charge < -0.3 is 14.7 Å². The highest BCUT2D eigenvalue weighted by Crippen LogP contribution is 2.25. The van der Waals surface area contributed by atoms with Crippen LogP contribution in [0.4, 0.5) is 0 Å². The van der Waals surface area contributed by atoms with Crippen LogP contribution in [0.3, 0.4) is 0 Å². The van der Waals surface area contributed by atoms with Crippen molar-refractivity contribution >= 4 is 27.5 Å². The number of rotatable bonds is 7. The summed E-state index contributed by atoms with van der Waals surface area (Å²) in [5, 5.41) is 14.7. The zero-order valence-electron chi connectivity index (χ0n) is 17.9. The first kappa shape index (κ1) is 20.9. The fourth-order valence-corrected chi connectivity index (χ4v) is 3.88. The highest BCUT2D eigenvalue weighted by Gasteiger charge is 2.23. The maximum absolute atomic E-state index is 13.4. The number of benzene rings is 4. The number of hydrogen-bond donors (Lipinski definition) is 1. The first-order chi connectivity index (χ1) is 15.0. The topological polar surface area (TPSA) is 49.8 Å². The van der Waals surface area contributed by atoms with E-state index >= 15 is 0 Å². The van der Waals surface area contributed by atoms with Gasteiger partial charge in [-0.25, -0.2) is 0 Å². The van der Waals surface area contributed by atoms with Crippen molar-refractivity contribution in [1.29, 1.82) is 0 Å². The van der Waals surface area contributed by atoms with Crippen LogP contribution < -0.4 is 4.74 Å². The average Bonchev–Trinajstić information content (AvgIpc) is 2.80. The molecule has 4 nitrogen and oxygen atoms in total. The van der Waals surface area contributed by atoms with E-state index in [0.29, 0.717) is 5.56 Å². The largest absolute Gasteiger partial charge is 0.490 e. The number of carbonyl (C=O) groups is 1. The molecule has 0 spiro atoms. The van der Waals surface area contributed by atoms with Crippen LogP contribution in [0, 0.1) is 0 Å². The third-order valence-corrected chi connectivity index (χ3v) is 5.49. The molecule has 4 aromatic carbocycles. The lowest BCUT2D eigenvalue weighted by molar-refractivity contribution is 0.0430. The van der Waals surface area contributed by atoms with Crippen LogP contribution >= 0.6 is 0 Å². The van der Waals surface area contributed by atoms with Crippen molar-refractivity contribution < 1.29 is 14.6 Å². The van der Waals surface area contributed by atoms with E-state index in [1.807, 2.05) is 98.8 Å². The summed E-state index contributed by atoms with van der Waals surface area (Å²) >= 11 is 0. The fourth-order valence-electron chi connectivity index (χ4n) is 3.88. The minimum absolute atomic E-state index is 0.0568. The number of aliphatic hydroxyl groups is 1. The molecule has 0 bridgehead atoms. The van der Waals surface area contributed by atoms with E-state index in [9.17, 15) is 9.90 Å². The molecule has 1 N–H and O–H groups in total. The van der Waals surface area contributed by atoms with Gasteiger partial charge in [-0.2, -0.15) is 0 Å². The maximum atomic E-state index is 13.4. The number of ether oxygens (including phenoxy) is 1. The molecule has 0 aliphatic carbocycles. The molecule has 0 heterocycles. The fraction of sp³-hybridized carbons (Fsp3) is 0.222. The molecule has 158 valence electrons. The molecule has 4 rings (SSSR count). The summed E-state index contributed by atoms with van der Waals surface area (Å²) in [6, 6.07) is 27.4. The van der Waals surface area contributed by atoms with Crippen molar-refractivity contribution in [2.75, 3.05) is 13.2 Å². The smallest absolute Gasteiger partial charge is 0.254 e. The zero-order valence-corrected chi connectivity index (χ0v) is 17.9. The molecule has 0 aliphatic rings. The molecule has 0 fully saturated rings. The normalized spacial score (nSPS) is 12.3. The number of aliphatic hydroxyl groups excluding tert-OH is 1. The van der Waals surface area contributed by atoms with Gasteiger partial charge in [0.15, 0.2) is 0 Å². The Labute approximate surface area is 182 Å². The number of hydrogen-bond acceptors (Lipinski definition) is 3. The summed E-state index contributed by atoms with van der Waals surface area (Å²) in [4.78, 5) is 15.1. The number of amides is 1. The van der Waals surface area contributed by atoms with Crippen molar-refractivity contribution in [3.05, 3.63) is 90.5 Å². The van der Waals surface area contributed by atoms with Gasteiger partial charge in [-0.15, -0.1) is 0 Å². The van der Waals surface area contributed by atoms with Crippen molar-refractivity contribution in [1.82, 2.24) is 4.90 Å². The SMILES string of the molecule is CC(C)N(CC(O)COc1cccc2ccccc12)C(=O)c1cccc2ccccc12. The van der Waals surface area contributed by atoms with Crippen molar-refractivity contribution in [2.24, 2.45) is 0 Å². The van der Waals surface area contributed by atoms with Gasteiger partial charge in [-0.3, -0.25) is 4.79 Å². The highest BCUT2D eigenvalue weighted by atomic mass is 16.5. The Morgan fingerprint density at radius 2 is 1.42 bits per heavy atom. The first-order valence-electron chi connectivity index (χ1n) is 10.6. The second-order valence-electron chi connectivity index (χ2n) is 8.02. The molecule has 0 saturated heterocycles. The molecule has 0 aromatic heterocycles. The molecule has 4 heteroatoms. The Balaban J connectivity index is 1.49. The van der Waals surface area contributed by atoms with Crippen LogP contribution in [0.2, 0.25) is 0 Å². The van der Waals surface area contributed by atoms with Gasteiger partial charge in [0.05, 0.1) is 6.54 Å². The molecule has 0 aliphatic heterocycles. The van der Waals surface area contributed by atoms with Crippen LogP contribution in [-0.2, 0) is 0 Å². The van der Waals surface area contributed by atoms with Crippen LogP contribution in [0.5, 0.6) is 5.75 Å². The molecular formula is C27H27NO3. The van der Waals surface area contributed by atoms with E-state index in [0.717, 1.165) is 27.3 Å². The predicted octanol–water partition coefficient (Wildman–Crippen LogP) is 5.28. The van der Waals surface area contributed by atoms with Gasteiger partial charge in [-0.05, 0) is 42.1 Å². The molecular weight excluding hydrogens is 386 g/mol. The molecule has 0 radical (unpaired) electrons. The van der Waals surface area contributed by atoms with Gasteiger partial charge in [0, 0.05) is 17.0 Å². The lowest BCUT2D eigenvalue weighted by Gasteiger charge is -2.29. The van der Waals surface area contributed by atoms with Crippen LogP contribution in [0.15, 0.2) is 84.9 Å². The second-order valence-corrected chi connectivity index (χ2v) is 8.02. The minimum Gasteiger partial charge on any atom is -0.490 e. The summed E-state index contributed by atoms with van der Waals surface area (Å²) in [7, 11) is 0. The molecule has 1 atom stereocenters. The third kappa shape index (κ3) is 4.54. The van der Waals surface area contributed by atoms with Gasteiger partial charge in [-0.1, -0.05) is 72.8 Å². The first-order valence-corrected chi connectivity index (χ1v) is 10.6. The van der Waals surface area contributed by atoms with E-state index in [-0.39, 0.29) is 25.1 Å². The monoisotopic (exact) mass is 413 g/mol. The van der Waals surface area contributed by atoms with Crippen molar-refractivity contribution in [2.45, 2.75) is 26.0 Å². The number of nitrogens with zero attached hydrogens (tertiary/aromatic N) is 1. The van der Waals surface area contributed by atoms with Gasteiger partial charge >= 0.3 is 0 Å². The van der Waals surface area contributed by atoms with E-state index in [1.165, 1.54) is 0 Å². The molecule has 1 unspecified atom stereocenters. The van der Waals surface area contributed by atoms with Gasteiger partial charge in [0.2, 0.25) is 0 Å². The summed E-state index contributed by atoms with van der Waals surface area (Å²) in [6.07, 6.45) is -0.805. The summed E-state index contributed by atoms with van der Waals surface area (Å²) in [5.41, 5.74) is 0.647. The Kier molecular flexibility index (Phi) is 6.19. The third-order valence-electron chi connectivity index (χ3n) is 5.49. The lowest BCUT2D eigenvalue weighted by atomic mass is 10.0. The summed E-state index contributed by atoms with van der Waals surface area (Å²) in [6.45, 7) is 4.23. The van der Waals surface area contributed by atoms with Crippen LogP contribution in [0.25, 0.3) is 21.5 Å². The zero-order chi connectivity index (χ0) is 21.8. The van der Waals surface area contributed by atoms with Crippen LogP contribution in [0.1, 0.15) is 24.2 Å². The number of carbonyl (C=O) groups excluding carboxylic acids is 1.